The van der Waals surface area contributed by atoms with Gasteiger partial charge in [-0.1, -0.05) is 36.0 Å². The molecule has 0 saturated carbocycles. The van der Waals surface area contributed by atoms with Crippen LogP contribution in [0.15, 0.2) is 60.0 Å². The second-order valence-electron chi connectivity index (χ2n) is 8.39. The van der Waals surface area contributed by atoms with Gasteiger partial charge in [0.2, 0.25) is 12.7 Å². The lowest BCUT2D eigenvalue weighted by Crippen LogP contribution is -2.45. The second-order valence-corrected chi connectivity index (χ2v) is 9.33. The van der Waals surface area contributed by atoms with Crippen LogP contribution in [0.4, 0.5) is 0 Å². The van der Waals surface area contributed by atoms with E-state index in [1.807, 2.05) is 35.0 Å². The molecule has 0 radical (unpaired) electrons. The number of nitrogens with zero attached hydrogens (tertiary/aromatic N) is 2. The van der Waals surface area contributed by atoms with Crippen LogP contribution in [0.25, 0.3) is 5.69 Å². The molecule has 0 bridgehead atoms. The first-order valence-corrected chi connectivity index (χ1v) is 12.1. The van der Waals surface area contributed by atoms with E-state index in [1.54, 1.807) is 6.20 Å². The Bertz CT molecular complexity index is 1140. The molecule has 0 unspecified atom stereocenters. The summed E-state index contributed by atoms with van der Waals surface area (Å²) in [5.41, 5.74) is 3.20. The predicted molar refractivity (Wildman–Crippen MR) is 126 cm³/mol. The summed E-state index contributed by atoms with van der Waals surface area (Å²) < 4.78 is 18.7. The molecule has 1 saturated heterocycles. The second kappa shape index (κ2) is 9.49. The van der Waals surface area contributed by atoms with Crippen LogP contribution in [-0.2, 0) is 14.9 Å². The molecule has 1 aromatic heterocycles. The maximum atomic E-state index is 12.8. The molecule has 33 heavy (non-hydrogen) atoms. The highest BCUT2D eigenvalue weighted by Crippen LogP contribution is 2.40. The first-order chi connectivity index (χ1) is 16.1. The number of rotatable bonds is 7. The molecule has 2 aliphatic heterocycles. The number of amides is 1. The van der Waals surface area contributed by atoms with Crippen LogP contribution < -0.4 is 14.8 Å². The molecule has 0 atom stereocenters. The Hall–Kier alpha value is -2.97. The Morgan fingerprint density at radius 2 is 1.97 bits per heavy atom. The third-order valence-electron chi connectivity index (χ3n) is 6.37. The van der Waals surface area contributed by atoms with E-state index in [0.29, 0.717) is 25.5 Å². The molecule has 1 N–H and O–H groups in total. The summed E-state index contributed by atoms with van der Waals surface area (Å²) in [5, 5.41) is 3.97. The van der Waals surface area contributed by atoms with Crippen LogP contribution in [0.1, 0.15) is 24.0 Å². The van der Waals surface area contributed by atoms with Gasteiger partial charge in [0.15, 0.2) is 16.7 Å². The molecule has 2 aliphatic rings. The van der Waals surface area contributed by atoms with Gasteiger partial charge in [0.1, 0.15) is 0 Å². The molecule has 3 aromatic rings. The van der Waals surface area contributed by atoms with Crippen LogP contribution in [-0.4, -0.2) is 47.8 Å². The molecule has 1 fully saturated rings. The highest BCUT2D eigenvalue weighted by Gasteiger charge is 2.36. The van der Waals surface area contributed by atoms with Gasteiger partial charge in [0.25, 0.3) is 0 Å². The Labute approximate surface area is 197 Å². The minimum Gasteiger partial charge on any atom is -0.454 e. The fraction of sp³-hybridized carbons (Fsp3) is 0.360. The smallest absolute Gasteiger partial charge is 0.231 e. The van der Waals surface area contributed by atoms with E-state index >= 15 is 0 Å². The van der Waals surface area contributed by atoms with E-state index in [0.717, 1.165) is 46.3 Å². The minimum atomic E-state index is -0.181. The summed E-state index contributed by atoms with van der Waals surface area (Å²) in [5.74, 6) is 1.83. The molecule has 3 heterocycles. The van der Waals surface area contributed by atoms with Crippen molar-refractivity contribution >= 4 is 17.7 Å². The van der Waals surface area contributed by atoms with Crippen molar-refractivity contribution in [1.29, 1.82) is 0 Å². The number of nitrogens with one attached hydrogen (secondary N) is 1. The summed E-state index contributed by atoms with van der Waals surface area (Å²) in [4.78, 5) is 17.3. The molecule has 8 heteroatoms. The number of para-hydroxylation sites is 1. The lowest BCUT2D eigenvalue weighted by atomic mass is 9.74. The number of carbonyl (C=O) groups excluding carboxylic acids is 1. The summed E-state index contributed by atoms with van der Waals surface area (Å²) in [6.07, 6.45) is 5.39. The number of aromatic nitrogens is 2. The number of hydrogen-bond donors (Lipinski definition) is 1. The maximum absolute atomic E-state index is 12.8. The van der Waals surface area contributed by atoms with Crippen molar-refractivity contribution in [3.05, 3.63) is 66.0 Å². The van der Waals surface area contributed by atoms with E-state index in [9.17, 15) is 4.79 Å². The van der Waals surface area contributed by atoms with E-state index < -0.39 is 0 Å². The van der Waals surface area contributed by atoms with Crippen LogP contribution in [0.2, 0.25) is 0 Å². The molecule has 2 aromatic carbocycles. The van der Waals surface area contributed by atoms with Crippen LogP contribution in [0, 0.1) is 6.92 Å². The molecule has 7 nitrogen and oxygen atoms in total. The van der Waals surface area contributed by atoms with Gasteiger partial charge in [-0.25, -0.2) is 4.98 Å². The number of ether oxygens (including phenoxy) is 3. The minimum absolute atomic E-state index is 0.00839. The highest BCUT2D eigenvalue weighted by molar-refractivity contribution is 7.99. The van der Waals surface area contributed by atoms with E-state index in [4.69, 9.17) is 14.2 Å². The van der Waals surface area contributed by atoms with Gasteiger partial charge in [-0.05, 0) is 49.1 Å². The fourth-order valence-electron chi connectivity index (χ4n) is 4.42. The average Bonchev–Trinajstić information content (AvgIpc) is 3.51. The summed E-state index contributed by atoms with van der Waals surface area (Å²) in [7, 11) is 0. The molecule has 5 rings (SSSR count). The van der Waals surface area contributed by atoms with Crippen molar-refractivity contribution in [1.82, 2.24) is 14.9 Å². The van der Waals surface area contributed by atoms with E-state index in [-0.39, 0.29) is 18.1 Å². The van der Waals surface area contributed by atoms with Crippen LogP contribution in [0.5, 0.6) is 11.5 Å². The fourth-order valence-corrected chi connectivity index (χ4v) is 5.21. The first-order valence-electron chi connectivity index (χ1n) is 11.1. The molecule has 0 spiro atoms. The number of thioether (sulfide) groups is 1. The number of fused-ring (bicyclic) bond motifs is 1. The first kappa shape index (κ1) is 21.9. The maximum Gasteiger partial charge on any atom is 0.231 e. The normalized spacial score (nSPS) is 16.5. The van der Waals surface area contributed by atoms with Crippen LogP contribution >= 0.6 is 11.8 Å². The Morgan fingerprint density at radius 1 is 1.15 bits per heavy atom. The zero-order valence-electron chi connectivity index (χ0n) is 18.6. The zero-order chi connectivity index (χ0) is 22.7. The SMILES string of the molecule is Cc1ccccc1-n1ccnc1SCC(=O)NCC1(c2ccc3c(c2)OCO3)CCOCC1. The Morgan fingerprint density at radius 3 is 2.82 bits per heavy atom. The molecule has 1 amide bonds. The van der Waals surface area contributed by atoms with Crippen molar-refractivity contribution in [3.63, 3.8) is 0 Å². The molecular formula is C25H27N3O4S. The topological polar surface area (TPSA) is 74.6 Å². The van der Waals surface area contributed by atoms with Crippen molar-refractivity contribution in [2.75, 3.05) is 32.3 Å². The van der Waals surface area contributed by atoms with Gasteiger partial charge >= 0.3 is 0 Å². The standard InChI is InChI=1S/C25H27N3O4S/c1-18-4-2-3-5-20(18)28-11-10-26-24(28)33-15-23(29)27-16-25(8-12-30-13-9-25)19-6-7-21-22(14-19)32-17-31-21/h2-7,10-11,14H,8-9,12-13,15-17H2,1H3,(H,27,29). The Kier molecular flexibility index (Phi) is 6.28. The van der Waals surface area contributed by atoms with Crippen molar-refractivity contribution < 1.29 is 19.0 Å². The zero-order valence-corrected chi connectivity index (χ0v) is 19.4. The predicted octanol–water partition coefficient (Wildman–Crippen LogP) is 3.87. The average molecular weight is 466 g/mol. The summed E-state index contributed by atoms with van der Waals surface area (Å²) in [6.45, 7) is 4.22. The molecule has 0 aliphatic carbocycles. The number of benzene rings is 2. The number of hydrogen-bond acceptors (Lipinski definition) is 6. The number of imidazole rings is 1. The van der Waals surface area contributed by atoms with Crippen molar-refractivity contribution in [2.45, 2.75) is 30.3 Å². The van der Waals surface area contributed by atoms with E-state index in [2.05, 4.69) is 35.4 Å². The van der Waals surface area contributed by atoms with Gasteiger partial charge in [0.05, 0.1) is 11.4 Å². The van der Waals surface area contributed by atoms with E-state index in [1.165, 1.54) is 11.8 Å². The molecule has 172 valence electrons. The van der Waals surface area contributed by atoms with Gasteiger partial charge in [-0.2, -0.15) is 0 Å². The molecular weight excluding hydrogens is 438 g/mol. The Balaban J connectivity index is 1.25. The lowest BCUT2D eigenvalue weighted by Gasteiger charge is -2.38. The highest BCUT2D eigenvalue weighted by atomic mass is 32.2. The van der Waals surface area contributed by atoms with Gasteiger partial charge in [-0.3, -0.25) is 9.36 Å². The van der Waals surface area contributed by atoms with Gasteiger partial charge in [0, 0.05) is 37.6 Å². The third-order valence-corrected chi connectivity index (χ3v) is 7.34. The lowest BCUT2D eigenvalue weighted by molar-refractivity contribution is -0.119. The van der Waals surface area contributed by atoms with Crippen molar-refractivity contribution in [3.8, 4) is 17.2 Å². The summed E-state index contributed by atoms with van der Waals surface area (Å²) in [6, 6.07) is 14.2. The number of carbonyl (C=O) groups is 1. The van der Waals surface area contributed by atoms with Gasteiger partial charge in [-0.15, -0.1) is 0 Å². The van der Waals surface area contributed by atoms with Crippen molar-refractivity contribution in [2.24, 2.45) is 0 Å². The largest absolute Gasteiger partial charge is 0.454 e. The monoisotopic (exact) mass is 465 g/mol. The van der Waals surface area contributed by atoms with Gasteiger partial charge < -0.3 is 19.5 Å². The van der Waals surface area contributed by atoms with Crippen LogP contribution in [0.3, 0.4) is 0 Å². The third kappa shape index (κ3) is 4.58. The summed E-state index contributed by atoms with van der Waals surface area (Å²) >= 11 is 1.44. The quantitative estimate of drug-likeness (QED) is 0.534. The number of aryl methyl sites for hydroxylation is 1.